The van der Waals surface area contributed by atoms with Crippen molar-refractivity contribution in [3.05, 3.63) is 35.9 Å². The molecule has 0 amide bonds. The molecule has 2 aromatic rings. The molecule has 1 heterocycles. The molecule has 0 atom stereocenters. The van der Waals surface area contributed by atoms with Gasteiger partial charge in [-0.1, -0.05) is 18.2 Å². The highest BCUT2D eigenvalue weighted by Gasteiger charge is 2.07. The van der Waals surface area contributed by atoms with Crippen molar-refractivity contribution in [2.75, 3.05) is 0 Å². The summed E-state index contributed by atoms with van der Waals surface area (Å²) in [6.45, 7) is 1.89. The summed E-state index contributed by atoms with van der Waals surface area (Å²) in [7, 11) is 0. The van der Waals surface area contributed by atoms with Crippen molar-refractivity contribution >= 4 is 10.8 Å². The Kier molecular flexibility index (Phi) is 1.65. The van der Waals surface area contributed by atoms with Crippen LogP contribution in [-0.2, 0) is 0 Å². The van der Waals surface area contributed by atoms with Gasteiger partial charge >= 0.3 is 0 Å². The van der Waals surface area contributed by atoms with Gasteiger partial charge in [0.25, 0.3) is 5.95 Å². The first-order valence-corrected chi connectivity index (χ1v) is 3.93. The lowest BCUT2D eigenvalue weighted by Crippen LogP contribution is -1.86. The second-order valence-corrected chi connectivity index (χ2v) is 2.93. The molecule has 0 spiro atoms. The molecule has 1 aromatic carbocycles. The predicted octanol–water partition coefficient (Wildman–Crippen LogP) is 2.39. The largest absolute Gasteiger partial charge is 0.503 e. The summed E-state index contributed by atoms with van der Waals surface area (Å²) in [6, 6.07) is 5.33. The Labute approximate surface area is 74.7 Å². The molecule has 0 saturated heterocycles. The van der Waals surface area contributed by atoms with Crippen LogP contribution in [0.1, 0.15) is 5.56 Å². The Hall–Kier alpha value is -1.64. The summed E-state index contributed by atoms with van der Waals surface area (Å²) < 4.78 is 12.8. The molecular weight excluding hydrogens is 169 g/mol. The Morgan fingerprint density at radius 3 is 2.85 bits per heavy atom. The Balaban J connectivity index is 2.94. The number of aromatic hydroxyl groups is 1. The number of nitrogens with zero attached hydrogens (tertiary/aromatic N) is 1. The second-order valence-electron chi connectivity index (χ2n) is 2.93. The fourth-order valence-electron chi connectivity index (χ4n) is 1.35. The molecule has 0 saturated carbocycles. The molecule has 1 N–H and O–H groups in total. The number of rotatable bonds is 0. The van der Waals surface area contributed by atoms with Crippen molar-refractivity contribution in [3.63, 3.8) is 0 Å². The van der Waals surface area contributed by atoms with E-state index in [4.69, 9.17) is 0 Å². The number of pyridine rings is 1. The van der Waals surface area contributed by atoms with Crippen LogP contribution in [0, 0.1) is 12.9 Å². The summed E-state index contributed by atoms with van der Waals surface area (Å²) in [5, 5.41) is 10.6. The first kappa shape index (κ1) is 7.98. The molecule has 2 rings (SSSR count). The van der Waals surface area contributed by atoms with E-state index in [1.54, 1.807) is 12.1 Å². The topological polar surface area (TPSA) is 33.1 Å². The first-order valence-electron chi connectivity index (χ1n) is 3.93. The highest BCUT2D eigenvalue weighted by molar-refractivity contribution is 5.89. The second kappa shape index (κ2) is 2.69. The lowest BCUT2D eigenvalue weighted by atomic mass is 10.1. The predicted molar refractivity (Wildman–Crippen MR) is 48.1 cm³/mol. The van der Waals surface area contributed by atoms with E-state index in [-0.39, 0.29) is 5.75 Å². The summed E-state index contributed by atoms with van der Waals surface area (Å²) in [4.78, 5) is 3.45. The number of halogens is 1. The molecule has 0 radical (unpaired) electrons. The zero-order valence-electron chi connectivity index (χ0n) is 7.08. The molecule has 0 fully saturated rings. The highest BCUT2D eigenvalue weighted by atomic mass is 19.1. The average molecular weight is 177 g/mol. The van der Waals surface area contributed by atoms with Crippen molar-refractivity contribution in [2.24, 2.45) is 0 Å². The standard InChI is InChI=1S/C10H8FNO/c1-6-3-2-4-7-8(6)5-12-10(11)9(7)13/h2-5,13H,1H3. The Morgan fingerprint density at radius 1 is 1.31 bits per heavy atom. The van der Waals surface area contributed by atoms with E-state index < -0.39 is 5.95 Å². The van der Waals surface area contributed by atoms with Crippen LogP contribution in [0.2, 0.25) is 0 Å². The fourth-order valence-corrected chi connectivity index (χ4v) is 1.35. The summed E-state index contributed by atoms with van der Waals surface area (Å²) >= 11 is 0. The minimum atomic E-state index is -0.821. The monoisotopic (exact) mass is 177 g/mol. The van der Waals surface area contributed by atoms with Crippen LogP contribution in [0.5, 0.6) is 5.75 Å². The molecule has 0 aliphatic heterocycles. The molecule has 0 aliphatic rings. The van der Waals surface area contributed by atoms with Crippen molar-refractivity contribution < 1.29 is 9.50 Å². The summed E-state index contributed by atoms with van der Waals surface area (Å²) in [5.41, 5.74) is 0.973. The molecule has 0 bridgehead atoms. The zero-order chi connectivity index (χ0) is 9.42. The molecule has 1 aromatic heterocycles. The van der Waals surface area contributed by atoms with E-state index in [2.05, 4.69) is 4.98 Å². The van der Waals surface area contributed by atoms with Crippen molar-refractivity contribution in [1.29, 1.82) is 0 Å². The minimum Gasteiger partial charge on any atom is -0.503 e. The van der Waals surface area contributed by atoms with Crippen LogP contribution in [0.25, 0.3) is 10.8 Å². The quantitative estimate of drug-likeness (QED) is 0.627. The number of aryl methyl sites for hydroxylation is 1. The van der Waals surface area contributed by atoms with Gasteiger partial charge in [0.15, 0.2) is 5.75 Å². The number of benzene rings is 1. The maximum Gasteiger partial charge on any atom is 0.255 e. The minimum absolute atomic E-state index is 0.374. The first-order chi connectivity index (χ1) is 6.20. The zero-order valence-corrected chi connectivity index (χ0v) is 7.08. The number of hydrogen-bond donors (Lipinski definition) is 1. The van der Waals surface area contributed by atoms with Gasteiger partial charge in [0.2, 0.25) is 0 Å². The maximum absolute atomic E-state index is 12.8. The molecule has 0 aliphatic carbocycles. The normalized spacial score (nSPS) is 10.6. The van der Waals surface area contributed by atoms with E-state index in [1.807, 2.05) is 13.0 Å². The van der Waals surface area contributed by atoms with Gasteiger partial charge in [-0.05, 0) is 12.5 Å². The van der Waals surface area contributed by atoms with Gasteiger partial charge in [-0.3, -0.25) is 0 Å². The van der Waals surface area contributed by atoms with Gasteiger partial charge in [0, 0.05) is 17.0 Å². The molecule has 0 unspecified atom stereocenters. The molecule has 13 heavy (non-hydrogen) atoms. The highest BCUT2D eigenvalue weighted by Crippen LogP contribution is 2.27. The number of hydrogen-bond acceptors (Lipinski definition) is 2. The smallest absolute Gasteiger partial charge is 0.255 e. The third-order valence-corrected chi connectivity index (χ3v) is 2.08. The van der Waals surface area contributed by atoms with Crippen LogP contribution in [0.15, 0.2) is 24.4 Å². The fraction of sp³-hybridized carbons (Fsp3) is 0.100. The van der Waals surface area contributed by atoms with Crippen molar-refractivity contribution in [2.45, 2.75) is 6.92 Å². The van der Waals surface area contributed by atoms with Gasteiger partial charge in [-0.25, -0.2) is 4.98 Å². The van der Waals surface area contributed by atoms with E-state index in [0.717, 1.165) is 10.9 Å². The maximum atomic E-state index is 12.8. The van der Waals surface area contributed by atoms with Crippen molar-refractivity contribution in [3.8, 4) is 5.75 Å². The van der Waals surface area contributed by atoms with Gasteiger partial charge < -0.3 is 5.11 Å². The lowest BCUT2D eigenvalue weighted by molar-refractivity contribution is 0.425. The number of aromatic nitrogens is 1. The van der Waals surface area contributed by atoms with Gasteiger partial charge in [0.05, 0.1) is 0 Å². The Morgan fingerprint density at radius 2 is 2.08 bits per heavy atom. The van der Waals surface area contributed by atoms with Crippen molar-refractivity contribution in [1.82, 2.24) is 4.98 Å². The van der Waals surface area contributed by atoms with Gasteiger partial charge in [-0.2, -0.15) is 4.39 Å². The van der Waals surface area contributed by atoms with E-state index >= 15 is 0 Å². The van der Waals surface area contributed by atoms with Gasteiger partial charge in [-0.15, -0.1) is 0 Å². The molecular formula is C10H8FNO. The Bertz CT molecular complexity index is 468. The third kappa shape index (κ3) is 1.13. The van der Waals surface area contributed by atoms with E-state index in [1.165, 1.54) is 6.20 Å². The SMILES string of the molecule is Cc1cccc2c(O)c(F)ncc12. The summed E-state index contributed by atoms with van der Waals surface area (Å²) in [5.74, 6) is -1.20. The average Bonchev–Trinajstić information content (AvgIpc) is 2.12. The lowest BCUT2D eigenvalue weighted by Gasteiger charge is -2.03. The summed E-state index contributed by atoms with van der Waals surface area (Å²) in [6.07, 6.45) is 1.43. The van der Waals surface area contributed by atoms with Crippen LogP contribution in [0.3, 0.4) is 0 Å². The van der Waals surface area contributed by atoms with E-state index in [0.29, 0.717) is 5.39 Å². The molecule has 3 heteroatoms. The third-order valence-electron chi connectivity index (χ3n) is 2.08. The van der Waals surface area contributed by atoms with Crippen LogP contribution >= 0.6 is 0 Å². The molecule has 66 valence electrons. The van der Waals surface area contributed by atoms with Gasteiger partial charge in [0.1, 0.15) is 0 Å². The number of fused-ring (bicyclic) bond motifs is 1. The van der Waals surface area contributed by atoms with E-state index in [9.17, 15) is 9.50 Å². The van der Waals surface area contributed by atoms with Crippen LogP contribution in [0.4, 0.5) is 4.39 Å². The van der Waals surface area contributed by atoms with Crippen LogP contribution < -0.4 is 0 Å². The molecule has 2 nitrogen and oxygen atoms in total. The van der Waals surface area contributed by atoms with Crippen LogP contribution in [-0.4, -0.2) is 10.1 Å².